The van der Waals surface area contributed by atoms with Crippen LogP contribution in [0.2, 0.25) is 0 Å². The van der Waals surface area contributed by atoms with E-state index in [4.69, 9.17) is 0 Å². The molecule has 24 heavy (non-hydrogen) atoms. The molecule has 126 valence electrons. The number of amides is 1. The second kappa shape index (κ2) is 6.86. The first-order valence-electron chi connectivity index (χ1n) is 8.13. The molecule has 0 bridgehead atoms. The monoisotopic (exact) mass is 327 g/mol. The van der Waals surface area contributed by atoms with Crippen molar-refractivity contribution in [3.8, 4) is 0 Å². The van der Waals surface area contributed by atoms with Crippen molar-refractivity contribution in [3.63, 3.8) is 0 Å². The minimum atomic E-state index is -0.777. The van der Waals surface area contributed by atoms with E-state index in [2.05, 4.69) is 5.10 Å². The number of nitrogens with zero attached hydrogens (tertiary/aromatic N) is 3. The number of likely N-dealkylation sites (tertiary alicyclic amines) is 1. The number of rotatable bonds is 4. The third-order valence-electron chi connectivity index (χ3n) is 4.67. The molecule has 6 nitrogen and oxygen atoms in total. The second-order valence-electron chi connectivity index (χ2n) is 6.29. The van der Waals surface area contributed by atoms with Gasteiger partial charge in [0.1, 0.15) is 0 Å². The Morgan fingerprint density at radius 2 is 2.00 bits per heavy atom. The Morgan fingerprint density at radius 1 is 1.25 bits per heavy atom. The molecular formula is C18H21N3O3. The number of piperidine rings is 1. The molecule has 1 fully saturated rings. The van der Waals surface area contributed by atoms with Crippen LogP contribution in [0.5, 0.6) is 0 Å². The van der Waals surface area contributed by atoms with Crippen molar-refractivity contribution in [1.82, 2.24) is 14.7 Å². The summed E-state index contributed by atoms with van der Waals surface area (Å²) < 4.78 is 1.66. The van der Waals surface area contributed by atoms with E-state index in [1.165, 1.54) is 0 Å². The molecule has 3 rings (SSSR count). The lowest BCUT2D eigenvalue weighted by Gasteiger charge is -2.36. The van der Waals surface area contributed by atoms with Crippen molar-refractivity contribution in [2.24, 2.45) is 11.8 Å². The summed E-state index contributed by atoms with van der Waals surface area (Å²) in [6.45, 7) is 2.81. The van der Waals surface area contributed by atoms with Crippen LogP contribution in [0.4, 0.5) is 0 Å². The van der Waals surface area contributed by atoms with E-state index in [0.29, 0.717) is 19.5 Å². The fraction of sp³-hybridized carbons (Fsp3) is 0.389. The zero-order valence-electron chi connectivity index (χ0n) is 13.6. The zero-order chi connectivity index (χ0) is 17.1. The SMILES string of the molecule is CC1CN(C(=O)C(c2ccccc2)n2cccn2)CCC1C(=O)O. The van der Waals surface area contributed by atoms with Crippen molar-refractivity contribution < 1.29 is 14.7 Å². The van der Waals surface area contributed by atoms with E-state index < -0.39 is 12.0 Å². The fourth-order valence-corrected chi connectivity index (χ4v) is 3.36. The van der Waals surface area contributed by atoms with Gasteiger partial charge in [0.15, 0.2) is 6.04 Å². The predicted molar refractivity (Wildman–Crippen MR) is 88.3 cm³/mol. The van der Waals surface area contributed by atoms with Gasteiger partial charge in [0.25, 0.3) is 5.91 Å². The minimum Gasteiger partial charge on any atom is -0.481 e. The van der Waals surface area contributed by atoms with Gasteiger partial charge in [-0.3, -0.25) is 14.3 Å². The van der Waals surface area contributed by atoms with E-state index >= 15 is 0 Å². The molecule has 0 radical (unpaired) electrons. The number of carbonyl (C=O) groups excluding carboxylic acids is 1. The highest BCUT2D eigenvalue weighted by Crippen LogP contribution is 2.27. The van der Waals surface area contributed by atoms with Gasteiger partial charge in [0, 0.05) is 25.5 Å². The maximum atomic E-state index is 13.1. The first kappa shape index (κ1) is 16.2. The normalized spacial score (nSPS) is 22.1. The van der Waals surface area contributed by atoms with E-state index in [1.807, 2.05) is 37.3 Å². The number of carboxylic acid groups (broad SMARTS) is 1. The van der Waals surface area contributed by atoms with E-state index in [-0.39, 0.29) is 17.7 Å². The van der Waals surface area contributed by atoms with Gasteiger partial charge in [-0.15, -0.1) is 0 Å². The number of carboxylic acids is 1. The number of hydrogen-bond acceptors (Lipinski definition) is 3. The summed E-state index contributed by atoms with van der Waals surface area (Å²) in [5.74, 6) is -1.26. The number of hydrogen-bond donors (Lipinski definition) is 1. The predicted octanol–water partition coefficient (Wildman–Crippen LogP) is 2.04. The molecule has 0 aliphatic carbocycles. The largest absolute Gasteiger partial charge is 0.481 e. The molecule has 1 N–H and O–H groups in total. The molecular weight excluding hydrogens is 306 g/mol. The third kappa shape index (κ3) is 3.18. The van der Waals surface area contributed by atoms with Gasteiger partial charge < -0.3 is 10.0 Å². The van der Waals surface area contributed by atoms with Crippen molar-refractivity contribution in [1.29, 1.82) is 0 Å². The molecule has 1 aliphatic rings. The standard InChI is InChI=1S/C18H21N3O3/c1-13-12-20(11-8-15(13)18(23)24)17(22)16(21-10-5-9-19-21)14-6-3-2-4-7-14/h2-7,9-10,13,15-16H,8,11-12H2,1H3,(H,23,24). The van der Waals surface area contributed by atoms with Gasteiger partial charge >= 0.3 is 5.97 Å². The first-order valence-corrected chi connectivity index (χ1v) is 8.13. The van der Waals surface area contributed by atoms with Gasteiger partial charge in [-0.1, -0.05) is 37.3 Å². The Hall–Kier alpha value is -2.63. The molecule has 0 saturated carbocycles. The highest BCUT2D eigenvalue weighted by atomic mass is 16.4. The van der Waals surface area contributed by atoms with E-state index in [9.17, 15) is 14.7 Å². The van der Waals surface area contributed by atoms with Crippen LogP contribution in [-0.2, 0) is 9.59 Å². The first-order chi connectivity index (χ1) is 11.6. The minimum absolute atomic E-state index is 0.0411. The lowest BCUT2D eigenvalue weighted by Crippen LogP contribution is -2.47. The maximum absolute atomic E-state index is 13.1. The number of benzene rings is 1. The number of carbonyl (C=O) groups is 2. The molecule has 1 aromatic heterocycles. The summed E-state index contributed by atoms with van der Waals surface area (Å²) >= 11 is 0. The topological polar surface area (TPSA) is 75.4 Å². The van der Waals surface area contributed by atoms with Gasteiger partial charge in [-0.05, 0) is 24.0 Å². The van der Waals surface area contributed by atoms with Crippen molar-refractivity contribution in [2.45, 2.75) is 19.4 Å². The summed E-state index contributed by atoms with van der Waals surface area (Å²) in [5, 5.41) is 13.5. The Labute approximate surface area is 140 Å². The highest BCUT2D eigenvalue weighted by Gasteiger charge is 2.36. The van der Waals surface area contributed by atoms with E-state index in [1.54, 1.807) is 28.0 Å². The van der Waals surface area contributed by atoms with Crippen molar-refractivity contribution in [3.05, 3.63) is 54.4 Å². The average molecular weight is 327 g/mol. The summed E-state index contributed by atoms with van der Waals surface area (Å²) in [6.07, 6.45) is 3.92. The van der Waals surface area contributed by atoms with Gasteiger partial charge in [-0.25, -0.2) is 0 Å². The van der Waals surface area contributed by atoms with Crippen LogP contribution in [0.15, 0.2) is 48.8 Å². The second-order valence-corrected chi connectivity index (χ2v) is 6.29. The molecule has 1 amide bonds. The van der Waals surface area contributed by atoms with Crippen LogP contribution >= 0.6 is 0 Å². The molecule has 2 heterocycles. The Kier molecular flexibility index (Phi) is 4.64. The molecule has 3 atom stereocenters. The van der Waals surface area contributed by atoms with Crippen molar-refractivity contribution in [2.75, 3.05) is 13.1 Å². The number of aliphatic carboxylic acids is 1. The van der Waals surface area contributed by atoms with E-state index in [0.717, 1.165) is 5.56 Å². The van der Waals surface area contributed by atoms with Gasteiger partial charge in [0.05, 0.1) is 5.92 Å². The molecule has 1 saturated heterocycles. The average Bonchev–Trinajstić information content (AvgIpc) is 3.09. The molecule has 2 aromatic rings. The van der Waals surface area contributed by atoms with Gasteiger partial charge in [0.2, 0.25) is 0 Å². The Balaban J connectivity index is 1.84. The van der Waals surface area contributed by atoms with Crippen molar-refractivity contribution >= 4 is 11.9 Å². The Morgan fingerprint density at radius 3 is 2.58 bits per heavy atom. The molecule has 3 unspecified atom stereocenters. The summed E-state index contributed by atoms with van der Waals surface area (Å²) in [7, 11) is 0. The quantitative estimate of drug-likeness (QED) is 0.932. The summed E-state index contributed by atoms with van der Waals surface area (Å²) in [4.78, 5) is 26.2. The van der Waals surface area contributed by atoms with Crippen LogP contribution in [-0.4, -0.2) is 44.8 Å². The lowest BCUT2D eigenvalue weighted by molar-refractivity contribution is -0.149. The molecule has 6 heteroatoms. The summed E-state index contributed by atoms with van der Waals surface area (Å²) in [5.41, 5.74) is 0.874. The fourth-order valence-electron chi connectivity index (χ4n) is 3.36. The highest BCUT2D eigenvalue weighted by molar-refractivity contribution is 5.84. The smallest absolute Gasteiger partial charge is 0.306 e. The summed E-state index contributed by atoms with van der Waals surface area (Å²) in [6, 6.07) is 10.8. The Bertz CT molecular complexity index is 700. The van der Waals surface area contributed by atoms with Crippen LogP contribution in [0, 0.1) is 11.8 Å². The third-order valence-corrected chi connectivity index (χ3v) is 4.67. The van der Waals surface area contributed by atoms with Crippen LogP contribution in [0.3, 0.4) is 0 Å². The van der Waals surface area contributed by atoms with Crippen LogP contribution in [0.25, 0.3) is 0 Å². The zero-order valence-corrected chi connectivity index (χ0v) is 13.6. The van der Waals surface area contributed by atoms with Gasteiger partial charge in [-0.2, -0.15) is 5.10 Å². The lowest BCUT2D eigenvalue weighted by atomic mass is 9.86. The maximum Gasteiger partial charge on any atom is 0.306 e. The molecule has 0 spiro atoms. The van der Waals surface area contributed by atoms with Crippen LogP contribution < -0.4 is 0 Å². The van der Waals surface area contributed by atoms with Crippen LogP contribution in [0.1, 0.15) is 24.9 Å². The number of aromatic nitrogens is 2. The molecule has 1 aromatic carbocycles. The molecule has 1 aliphatic heterocycles.